The van der Waals surface area contributed by atoms with Gasteiger partial charge in [0.25, 0.3) is 11.8 Å². The van der Waals surface area contributed by atoms with Crippen molar-refractivity contribution in [3.05, 3.63) is 65.2 Å². The quantitative estimate of drug-likeness (QED) is 0.649. The number of hydrogen-bond acceptors (Lipinski definition) is 6. The van der Waals surface area contributed by atoms with Gasteiger partial charge in [-0.25, -0.2) is 0 Å². The zero-order chi connectivity index (χ0) is 23.4. The molecule has 2 unspecified atom stereocenters. The highest BCUT2D eigenvalue weighted by molar-refractivity contribution is 8.15. The summed E-state index contributed by atoms with van der Waals surface area (Å²) in [6, 6.07) is 14.6. The molecule has 33 heavy (non-hydrogen) atoms. The van der Waals surface area contributed by atoms with Crippen molar-refractivity contribution in [1.29, 1.82) is 0 Å². The highest BCUT2D eigenvalue weighted by Gasteiger charge is 2.35. The van der Waals surface area contributed by atoms with Gasteiger partial charge in [-0.2, -0.15) is 4.99 Å². The lowest BCUT2D eigenvalue weighted by Gasteiger charge is -2.19. The number of carbonyl (C=O) groups excluding carboxylic acids is 3. The number of aliphatic imine (C=N–C) groups is 1. The summed E-state index contributed by atoms with van der Waals surface area (Å²) in [5.41, 5.74) is 3.24. The van der Waals surface area contributed by atoms with Gasteiger partial charge in [-0.1, -0.05) is 48.2 Å². The molecule has 2 aliphatic heterocycles. The molecule has 8 heteroatoms. The molecule has 1 fully saturated rings. The smallest absolute Gasteiger partial charge is 0.308 e. The van der Waals surface area contributed by atoms with Crippen LogP contribution in [0, 0.1) is 13.8 Å². The molecular weight excluding hydrogens is 438 g/mol. The van der Waals surface area contributed by atoms with Crippen molar-refractivity contribution >= 4 is 40.4 Å². The Bertz CT molecular complexity index is 1060. The Morgan fingerprint density at radius 2 is 1.79 bits per heavy atom. The van der Waals surface area contributed by atoms with E-state index in [0.29, 0.717) is 16.4 Å². The number of anilines is 1. The molecule has 1 N–H and O–H groups in total. The summed E-state index contributed by atoms with van der Waals surface area (Å²) < 4.78 is 5.62. The maximum Gasteiger partial charge on any atom is 0.308 e. The SMILES string of the molecule is Cc1cc(C)cc(NC(=O)C(OC(=O)CC2SC(N3CCCC3)=NC2=O)c2ccccc2)c1. The summed E-state index contributed by atoms with van der Waals surface area (Å²) in [7, 11) is 0. The van der Waals surface area contributed by atoms with Gasteiger partial charge in [0.05, 0.1) is 6.42 Å². The third-order valence-electron chi connectivity index (χ3n) is 5.54. The Labute approximate surface area is 197 Å². The van der Waals surface area contributed by atoms with Crippen molar-refractivity contribution < 1.29 is 19.1 Å². The minimum absolute atomic E-state index is 0.134. The van der Waals surface area contributed by atoms with E-state index in [9.17, 15) is 14.4 Å². The van der Waals surface area contributed by atoms with E-state index in [1.54, 1.807) is 24.3 Å². The number of thioether (sulfide) groups is 1. The summed E-state index contributed by atoms with van der Waals surface area (Å²) in [5, 5.41) is 2.92. The van der Waals surface area contributed by atoms with Crippen LogP contribution in [0.3, 0.4) is 0 Å². The number of ether oxygens (including phenoxy) is 1. The zero-order valence-corrected chi connectivity index (χ0v) is 19.6. The van der Waals surface area contributed by atoms with Gasteiger partial charge in [0.15, 0.2) is 5.17 Å². The number of carbonyl (C=O) groups is 3. The van der Waals surface area contributed by atoms with Gasteiger partial charge >= 0.3 is 5.97 Å². The average molecular weight is 466 g/mol. The van der Waals surface area contributed by atoms with E-state index in [1.165, 1.54) is 11.8 Å². The molecule has 0 spiro atoms. The Morgan fingerprint density at radius 1 is 1.12 bits per heavy atom. The van der Waals surface area contributed by atoms with Crippen LogP contribution in [0.1, 0.15) is 42.1 Å². The molecule has 2 aliphatic rings. The molecule has 2 heterocycles. The van der Waals surface area contributed by atoms with E-state index in [0.717, 1.165) is 37.1 Å². The van der Waals surface area contributed by atoms with Crippen LogP contribution in [-0.2, 0) is 19.1 Å². The number of nitrogens with one attached hydrogen (secondary N) is 1. The van der Waals surface area contributed by atoms with Crippen molar-refractivity contribution in [1.82, 2.24) is 4.90 Å². The lowest BCUT2D eigenvalue weighted by Crippen LogP contribution is -2.28. The number of esters is 1. The summed E-state index contributed by atoms with van der Waals surface area (Å²) >= 11 is 1.31. The molecule has 1 saturated heterocycles. The third-order valence-corrected chi connectivity index (χ3v) is 6.75. The molecule has 0 bridgehead atoms. The number of benzene rings is 2. The van der Waals surface area contributed by atoms with Crippen LogP contribution in [-0.4, -0.2) is 46.2 Å². The summed E-state index contributed by atoms with van der Waals surface area (Å²) in [6.45, 7) is 5.66. The highest BCUT2D eigenvalue weighted by atomic mass is 32.2. The van der Waals surface area contributed by atoms with Crippen molar-refractivity contribution in [2.24, 2.45) is 4.99 Å². The monoisotopic (exact) mass is 465 g/mol. The number of likely N-dealkylation sites (tertiary alicyclic amines) is 1. The van der Waals surface area contributed by atoms with E-state index in [-0.39, 0.29) is 12.3 Å². The molecule has 0 aromatic heterocycles. The zero-order valence-electron chi connectivity index (χ0n) is 18.7. The topological polar surface area (TPSA) is 88.1 Å². The molecule has 7 nitrogen and oxygen atoms in total. The number of rotatable bonds is 6. The fourth-order valence-corrected chi connectivity index (χ4v) is 5.14. The molecule has 2 aromatic carbocycles. The molecular formula is C25H27N3O4S. The maximum absolute atomic E-state index is 13.1. The average Bonchev–Trinajstić information content (AvgIpc) is 3.42. The van der Waals surface area contributed by atoms with Gasteiger partial charge in [-0.3, -0.25) is 14.4 Å². The maximum atomic E-state index is 13.1. The summed E-state index contributed by atoms with van der Waals surface area (Å²) in [4.78, 5) is 44.5. The first-order valence-electron chi connectivity index (χ1n) is 11.1. The lowest BCUT2D eigenvalue weighted by atomic mass is 10.1. The molecule has 2 aromatic rings. The lowest BCUT2D eigenvalue weighted by molar-refractivity contribution is -0.155. The number of hydrogen-bond donors (Lipinski definition) is 1. The van der Waals surface area contributed by atoms with E-state index >= 15 is 0 Å². The summed E-state index contributed by atoms with van der Waals surface area (Å²) in [6.07, 6.45) is 0.897. The fraction of sp³-hybridized carbons (Fsp3) is 0.360. The Balaban J connectivity index is 1.44. The number of aryl methyl sites for hydroxylation is 2. The Morgan fingerprint density at radius 3 is 2.45 bits per heavy atom. The molecule has 2 amide bonds. The molecule has 0 saturated carbocycles. The van der Waals surface area contributed by atoms with Crippen molar-refractivity contribution in [3.8, 4) is 0 Å². The minimum Gasteiger partial charge on any atom is -0.447 e. The molecule has 4 rings (SSSR count). The molecule has 0 aliphatic carbocycles. The van der Waals surface area contributed by atoms with Crippen LogP contribution in [0.2, 0.25) is 0 Å². The van der Waals surface area contributed by atoms with Gasteiger partial charge in [0.1, 0.15) is 5.25 Å². The van der Waals surface area contributed by atoms with Gasteiger partial charge in [0.2, 0.25) is 6.10 Å². The predicted molar refractivity (Wildman–Crippen MR) is 129 cm³/mol. The third kappa shape index (κ3) is 5.82. The van der Waals surface area contributed by atoms with Gasteiger partial charge < -0.3 is 15.0 Å². The molecule has 0 radical (unpaired) electrons. The van der Waals surface area contributed by atoms with E-state index in [1.807, 2.05) is 38.1 Å². The van der Waals surface area contributed by atoms with E-state index < -0.39 is 23.2 Å². The van der Waals surface area contributed by atoms with E-state index in [4.69, 9.17) is 4.74 Å². The first kappa shape index (κ1) is 23.0. The van der Waals surface area contributed by atoms with Gasteiger partial charge in [-0.05, 0) is 49.9 Å². The second kappa shape index (κ2) is 10.2. The largest absolute Gasteiger partial charge is 0.447 e. The van der Waals surface area contributed by atoms with E-state index in [2.05, 4.69) is 15.2 Å². The standard InChI is InChI=1S/C25H27N3O4S/c1-16-12-17(2)14-19(13-16)26-24(31)22(18-8-4-3-5-9-18)32-21(29)15-20-23(30)27-25(33-20)28-10-6-7-11-28/h3-5,8-9,12-14,20,22H,6-7,10-11,15H2,1-2H3,(H,26,31). The number of nitrogens with zero attached hydrogens (tertiary/aromatic N) is 2. The second-order valence-electron chi connectivity index (χ2n) is 8.38. The molecule has 172 valence electrons. The predicted octanol–water partition coefficient (Wildman–Crippen LogP) is 4.01. The van der Waals surface area contributed by atoms with Crippen molar-refractivity contribution in [3.63, 3.8) is 0 Å². The van der Waals surface area contributed by atoms with Crippen molar-refractivity contribution in [2.75, 3.05) is 18.4 Å². The second-order valence-corrected chi connectivity index (χ2v) is 9.55. The minimum atomic E-state index is -1.13. The van der Waals surface area contributed by atoms with Crippen LogP contribution in [0.25, 0.3) is 0 Å². The number of amidine groups is 1. The summed E-state index contributed by atoms with van der Waals surface area (Å²) in [5.74, 6) is -1.38. The fourth-order valence-electron chi connectivity index (χ4n) is 4.04. The van der Waals surface area contributed by atoms with Crippen LogP contribution in [0.5, 0.6) is 0 Å². The van der Waals surface area contributed by atoms with Crippen molar-refractivity contribution in [2.45, 2.75) is 44.5 Å². The highest BCUT2D eigenvalue weighted by Crippen LogP contribution is 2.30. The Hall–Kier alpha value is -3.13. The van der Waals surface area contributed by atoms with Crippen LogP contribution < -0.4 is 5.32 Å². The number of amides is 2. The Kier molecular flexibility index (Phi) is 7.13. The first-order valence-corrected chi connectivity index (χ1v) is 11.9. The van der Waals surface area contributed by atoms with Gasteiger partial charge in [-0.15, -0.1) is 0 Å². The van der Waals surface area contributed by atoms with Gasteiger partial charge in [0, 0.05) is 24.3 Å². The van der Waals surface area contributed by atoms with Crippen LogP contribution in [0.15, 0.2) is 53.5 Å². The van der Waals surface area contributed by atoms with Crippen LogP contribution in [0.4, 0.5) is 5.69 Å². The normalized spacial score (nSPS) is 18.7. The first-order chi connectivity index (χ1) is 15.9. The van der Waals surface area contributed by atoms with Crippen LogP contribution >= 0.6 is 11.8 Å². The molecule has 2 atom stereocenters.